The van der Waals surface area contributed by atoms with Gasteiger partial charge in [-0.3, -0.25) is 0 Å². The molecule has 2 fully saturated rings. The number of anilines is 1. The zero-order chi connectivity index (χ0) is 12.4. The van der Waals surface area contributed by atoms with E-state index >= 15 is 0 Å². The van der Waals surface area contributed by atoms with E-state index in [0.717, 1.165) is 22.8 Å². The Kier molecular flexibility index (Phi) is 3.83. The molecule has 0 amide bonds. The molecule has 1 aliphatic heterocycles. The highest BCUT2D eigenvalue weighted by Crippen LogP contribution is 2.37. The first-order valence-corrected chi connectivity index (χ1v) is 7.87. The van der Waals surface area contributed by atoms with Crippen LogP contribution in [-0.2, 0) is 0 Å². The molecule has 3 rings (SSSR count). The first-order chi connectivity index (χ1) is 8.86. The maximum absolute atomic E-state index is 4.50. The van der Waals surface area contributed by atoms with Crippen LogP contribution >= 0.6 is 15.9 Å². The van der Waals surface area contributed by atoms with Gasteiger partial charge in [-0.25, -0.2) is 9.97 Å². The molecule has 0 radical (unpaired) electrons. The lowest BCUT2D eigenvalue weighted by atomic mass is 9.82. The minimum atomic E-state index is 0.701. The van der Waals surface area contributed by atoms with Gasteiger partial charge in [0, 0.05) is 18.8 Å². The van der Waals surface area contributed by atoms with Crippen molar-refractivity contribution >= 4 is 21.7 Å². The zero-order valence-corrected chi connectivity index (χ0v) is 12.3. The average molecular weight is 310 g/mol. The fourth-order valence-corrected chi connectivity index (χ4v) is 4.02. The molecule has 1 saturated carbocycles. The third kappa shape index (κ3) is 2.40. The Bertz CT molecular complexity index is 410. The molecule has 0 aromatic carbocycles. The number of hydrogen-bond donors (Lipinski definition) is 0. The molecule has 98 valence electrons. The lowest BCUT2D eigenvalue weighted by Crippen LogP contribution is -2.42. The van der Waals surface area contributed by atoms with Crippen LogP contribution in [0.25, 0.3) is 0 Å². The molecule has 1 saturated heterocycles. The number of rotatable bonds is 1. The van der Waals surface area contributed by atoms with Gasteiger partial charge >= 0.3 is 0 Å². The Labute approximate surface area is 117 Å². The summed E-state index contributed by atoms with van der Waals surface area (Å²) in [6.07, 6.45) is 13.1. The van der Waals surface area contributed by atoms with Gasteiger partial charge < -0.3 is 4.90 Å². The van der Waals surface area contributed by atoms with Crippen molar-refractivity contribution in [2.75, 3.05) is 11.4 Å². The van der Waals surface area contributed by atoms with Crippen molar-refractivity contribution in [3.8, 4) is 0 Å². The predicted molar refractivity (Wildman–Crippen MR) is 76.7 cm³/mol. The first kappa shape index (κ1) is 12.4. The van der Waals surface area contributed by atoms with Gasteiger partial charge in [0.1, 0.15) is 12.1 Å². The topological polar surface area (TPSA) is 29.0 Å². The molecular formula is C14H20BrN3. The molecule has 2 heterocycles. The zero-order valence-electron chi connectivity index (χ0n) is 10.7. The van der Waals surface area contributed by atoms with Crippen LogP contribution in [0.3, 0.4) is 0 Å². The summed E-state index contributed by atoms with van der Waals surface area (Å²) in [6, 6.07) is 0.701. The molecule has 0 spiro atoms. The summed E-state index contributed by atoms with van der Waals surface area (Å²) in [5, 5.41) is 0. The van der Waals surface area contributed by atoms with E-state index in [1.165, 1.54) is 44.9 Å². The van der Waals surface area contributed by atoms with Gasteiger partial charge in [-0.2, -0.15) is 0 Å². The Morgan fingerprint density at radius 2 is 1.89 bits per heavy atom. The van der Waals surface area contributed by atoms with Crippen molar-refractivity contribution in [2.45, 2.75) is 51.0 Å². The molecule has 2 atom stereocenters. The fourth-order valence-electron chi connectivity index (χ4n) is 3.57. The number of nitrogens with zero attached hydrogens (tertiary/aromatic N) is 3. The Balaban J connectivity index is 1.90. The highest BCUT2D eigenvalue weighted by Gasteiger charge is 2.33. The van der Waals surface area contributed by atoms with Gasteiger partial charge in [0.25, 0.3) is 0 Å². The second kappa shape index (κ2) is 5.55. The summed E-state index contributed by atoms with van der Waals surface area (Å²) in [4.78, 5) is 11.1. The molecule has 1 aromatic rings. The summed E-state index contributed by atoms with van der Waals surface area (Å²) in [7, 11) is 0. The van der Waals surface area contributed by atoms with Crippen molar-refractivity contribution in [2.24, 2.45) is 5.92 Å². The van der Waals surface area contributed by atoms with Gasteiger partial charge in [0.2, 0.25) is 0 Å². The molecular weight excluding hydrogens is 290 g/mol. The normalized spacial score (nSPS) is 28.6. The second-order valence-corrected chi connectivity index (χ2v) is 6.35. The summed E-state index contributed by atoms with van der Waals surface area (Å²) < 4.78 is 1.04. The first-order valence-electron chi connectivity index (χ1n) is 7.08. The number of hydrogen-bond acceptors (Lipinski definition) is 3. The maximum atomic E-state index is 4.50. The lowest BCUT2D eigenvalue weighted by Gasteiger charge is -2.39. The maximum Gasteiger partial charge on any atom is 0.146 e. The third-order valence-corrected chi connectivity index (χ3v) is 4.97. The van der Waals surface area contributed by atoms with Gasteiger partial charge in [-0.05, 0) is 47.5 Å². The standard InChI is InChI=1S/C14H20BrN3/c15-12-9-16-10-17-14(12)18-8-4-3-6-11-5-1-2-7-13(11)18/h9-11,13H,1-8H2. The molecule has 4 heteroatoms. The quantitative estimate of drug-likeness (QED) is 0.790. The van der Waals surface area contributed by atoms with Gasteiger partial charge in [-0.15, -0.1) is 0 Å². The van der Waals surface area contributed by atoms with Gasteiger partial charge in [0.05, 0.1) is 4.47 Å². The van der Waals surface area contributed by atoms with Crippen molar-refractivity contribution in [1.82, 2.24) is 9.97 Å². The Morgan fingerprint density at radius 1 is 1.11 bits per heavy atom. The molecule has 2 aliphatic rings. The molecule has 2 unspecified atom stereocenters. The molecule has 3 nitrogen and oxygen atoms in total. The van der Waals surface area contributed by atoms with Crippen molar-refractivity contribution in [3.05, 3.63) is 17.0 Å². The van der Waals surface area contributed by atoms with Gasteiger partial charge in [0.15, 0.2) is 0 Å². The van der Waals surface area contributed by atoms with E-state index in [1.54, 1.807) is 6.33 Å². The summed E-state index contributed by atoms with van der Waals surface area (Å²) >= 11 is 3.61. The van der Waals surface area contributed by atoms with Crippen LogP contribution in [0, 0.1) is 5.92 Å². The van der Waals surface area contributed by atoms with E-state index in [0.29, 0.717) is 6.04 Å². The minimum Gasteiger partial charge on any atom is -0.352 e. The van der Waals surface area contributed by atoms with Crippen molar-refractivity contribution < 1.29 is 0 Å². The van der Waals surface area contributed by atoms with E-state index < -0.39 is 0 Å². The molecule has 1 aliphatic carbocycles. The molecule has 0 bridgehead atoms. The van der Waals surface area contributed by atoms with Crippen LogP contribution < -0.4 is 4.90 Å². The Morgan fingerprint density at radius 3 is 2.72 bits per heavy atom. The third-order valence-electron chi connectivity index (χ3n) is 4.41. The van der Waals surface area contributed by atoms with Crippen molar-refractivity contribution in [1.29, 1.82) is 0 Å². The Hall–Kier alpha value is -0.640. The highest BCUT2D eigenvalue weighted by atomic mass is 79.9. The molecule has 1 aromatic heterocycles. The predicted octanol–water partition coefficient (Wildman–Crippen LogP) is 3.79. The molecule has 0 N–H and O–H groups in total. The second-order valence-electron chi connectivity index (χ2n) is 5.50. The summed E-state index contributed by atoms with van der Waals surface area (Å²) in [6.45, 7) is 1.15. The number of fused-ring (bicyclic) bond motifs is 1. The smallest absolute Gasteiger partial charge is 0.146 e. The van der Waals surface area contributed by atoms with Crippen LogP contribution in [0.2, 0.25) is 0 Å². The van der Waals surface area contributed by atoms with Gasteiger partial charge in [-0.1, -0.05) is 19.3 Å². The van der Waals surface area contributed by atoms with E-state index in [9.17, 15) is 0 Å². The molecule has 18 heavy (non-hydrogen) atoms. The summed E-state index contributed by atoms with van der Waals surface area (Å²) in [5.74, 6) is 1.98. The average Bonchev–Trinajstić information content (AvgIpc) is 2.62. The minimum absolute atomic E-state index is 0.701. The fraction of sp³-hybridized carbons (Fsp3) is 0.714. The van der Waals surface area contributed by atoms with Crippen LogP contribution in [0.15, 0.2) is 17.0 Å². The SMILES string of the molecule is Brc1cncnc1N1CCCCC2CCCCC21. The highest BCUT2D eigenvalue weighted by molar-refractivity contribution is 9.10. The van der Waals surface area contributed by atoms with Crippen LogP contribution in [-0.4, -0.2) is 22.6 Å². The largest absolute Gasteiger partial charge is 0.352 e. The van der Waals surface area contributed by atoms with E-state index in [2.05, 4.69) is 30.8 Å². The van der Waals surface area contributed by atoms with E-state index in [-0.39, 0.29) is 0 Å². The summed E-state index contributed by atoms with van der Waals surface area (Å²) in [5.41, 5.74) is 0. The van der Waals surface area contributed by atoms with E-state index in [4.69, 9.17) is 0 Å². The van der Waals surface area contributed by atoms with Crippen LogP contribution in [0.1, 0.15) is 44.9 Å². The monoisotopic (exact) mass is 309 g/mol. The van der Waals surface area contributed by atoms with Crippen LogP contribution in [0.4, 0.5) is 5.82 Å². The number of halogens is 1. The van der Waals surface area contributed by atoms with Crippen LogP contribution in [0.5, 0.6) is 0 Å². The van der Waals surface area contributed by atoms with E-state index in [1.807, 2.05) is 6.20 Å². The number of aromatic nitrogens is 2. The van der Waals surface area contributed by atoms with Crippen molar-refractivity contribution in [3.63, 3.8) is 0 Å². The lowest BCUT2D eigenvalue weighted by molar-refractivity contribution is 0.290.